The van der Waals surface area contributed by atoms with Crippen LogP contribution in [0, 0.1) is 23.2 Å². The largest absolute Gasteiger partial charge is 0.392 e. The highest BCUT2D eigenvalue weighted by molar-refractivity contribution is 5.85. The predicted octanol–water partition coefficient (Wildman–Crippen LogP) is 2.60. The molecular formula is C14H26ClNO. The molecule has 3 heteroatoms. The van der Waals surface area contributed by atoms with Gasteiger partial charge in [-0.15, -0.1) is 12.4 Å². The minimum atomic E-state index is 0. The molecule has 17 heavy (non-hydrogen) atoms. The third-order valence-corrected chi connectivity index (χ3v) is 5.50. The fourth-order valence-electron chi connectivity index (χ4n) is 5.15. The van der Waals surface area contributed by atoms with E-state index in [1.165, 1.54) is 44.9 Å². The Kier molecular flexibility index (Phi) is 4.06. The lowest BCUT2D eigenvalue weighted by molar-refractivity contribution is -0.158. The van der Waals surface area contributed by atoms with Crippen molar-refractivity contribution in [2.75, 3.05) is 13.6 Å². The van der Waals surface area contributed by atoms with Crippen LogP contribution in [0.2, 0.25) is 0 Å². The van der Waals surface area contributed by atoms with E-state index in [1.807, 2.05) is 7.05 Å². The lowest BCUT2D eigenvalue weighted by atomic mass is 9.47. The molecule has 0 saturated heterocycles. The number of hydrogen-bond donors (Lipinski definition) is 2. The van der Waals surface area contributed by atoms with Crippen LogP contribution in [0.3, 0.4) is 0 Å². The molecule has 4 fully saturated rings. The normalized spacial score (nSPS) is 46.9. The third kappa shape index (κ3) is 2.24. The SMILES string of the molecule is CNCCCC12CC3CC(CC(C3)C1O)C2.Cl. The van der Waals surface area contributed by atoms with Gasteiger partial charge in [-0.1, -0.05) is 0 Å². The highest BCUT2D eigenvalue weighted by Gasteiger charge is 2.55. The molecule has 0 aromatic rings. The lowest BCUT2D eigenvalue weighted by Gasteiger charge is -2.59. The summed E-state index contributed by atoms with van der Waals surface area (Å²) in [4.78, 5) is 0. The van der Waals surface area contributed by atoms with Gasteiger partial charge in [0.15, 0.2) is 0 Å². The van der Waals surface area contributed by atoms with E-state index in [0.717, 1.165) is 18.4 Å². The van der Waals surface area contributed by atoms with E-state index in [2.05, 4.69) is 5.32 Å². The van der Waals surface area contributed by atoms with Crippen molar-refractivity contribution >= 4 is 12.4 Å². The van der Waals surface area contributed by atoms with E-state index >= 15 is 0 Å². The smallest absolute Gasteiger partial charge is 0.0624 e. The van der Waals surface area contributed by atoms with Crippen LogP contribution in [0.1, 0.15) is 44.9 Å². The lowest BCUT2D eigenvalue weighted by Crippen LogP contribution is -2.55. The molecule has 0 aromatic heterocycles. The van der Waals surface area contributed by atoms with Gasteiger partial charge in [0.1, 0.15) is 0 Å². The van der Waals surface area contributed by atoms with Crippen LogP contribution in [0.15, 0.2) is 0 Å². The minimum Gasteiger partial charge on any atom is -0.392 e. The highest BCUT2D eigenvalue weighted by atomic mass is 35.5. The molecule has 2 nitrogen and oxygen atoms in total. The van der Waals surface area contributed by atoms with Crippen molar-refractivity contribution in [3.05, 3.63) is 0 Å². The fraction of sp³-hybridized carbons (Fsp3) is 1.00. The first-order valence-electron chi connectivity index (χ1n) is 7.06. The van der Waals surface area contributed by atoms with Crippen LogP contribution in [0.4, 0.5) is 0 Å². The van der Waals surface area contributed by atoms with Gasteiger partial charge in [-0.25, -0.2) is 0 Å². The van der Waals surface area contributed by atoms with Gasteiger partial charge in [-0.05, 0) is 81.7 Å². The van der Waals surface area contributed by atoms with E-state index < -0.39 is 0 Å². The van der Waals surface area contributed by atoms with Crippen molar-refractivity contribution in [2.24, 2.45) is 23.2 Å². The van der Waals surface area contributed by atoms with Gasteiger partial charge in [-0.3, -0.25) is 0 Å². The summed E-state index contributed by atoms with van der Waals surface area (Å²) >= 11 is 0. The molecule has 3 unspecified atom stereocenters. The molecule has 0 heterocycles. The van der Waals surface area contributed by atoms with Crippen molar-refractivity contribution in [2.45, 2.75) is 51.0 Å². The Morgan fingerprint density at radius 2 is 1.82 bits per heavy atom. The maximum atomic E-state index is 10.6. The number of rotatable bonds is 4. The van der Waals surface area contributed by atoms with Crippen molar-refractivity contribution in [3.63, 3.8) is 0 Å². The van der Waals surface area contributed by atoms with Crippen molar-refractivity contribution < 1.29 is 5.11 Å². The van der Waals surface area contributed by atoms with E-state index in [-0.39, 0.29) is 18.5 Å². The van der Waals surface area contributed by atoms with Crippen LogP contribution in [0.5, 0.6) is 0 Å². The zero-order chi connectivity index (χ0) is 11.2. The summed E-state index contributed by atoms with van der Waals surface area (Å²) in [7, 11) is 2.02. The number of aliphatic hydroxyl groups excluding tert-OH is 1. The fourth-order valence-corrected chi connectivity index (χ4v) is 5.15. The Morgan fingerprint density at radius 1 is 1.18 bits per heavy atom. The molecule has 4 aliphatic rings. The molecule has 0 amide bonds. The molecule has 4 rings (SSSR count). The standard InChI is InChI=1S/C14H25NO.ClH/c1-15-4-2-3-14-8-10-5-11(9-14)7-12(6-10)13(14)16;/h10-13,15-16H,2-9H2,1H3;1H. The van der Waals surface area contributed by atoms with Gasteiger partial charge in [-0.2, -0.15) is 0 Å². The molecular weight excluding hydrogens is 234 g/mol. The number of hydrogen-bond acceptors (Lipinski definition) is 2. The Labute approximate surface area is 111 Å². The number of nitrogens with one attached hydrogen (secondary N) is 1. The van der Waals surface area contributed by atoms with Crippen LogP contribution in [0.25, 0.3) is 0 Å². The van der Waals surface area contributed by atoms with Gasteiger partial charge in [0.2, 0.25) is 0 Å². The maximum absolute atomic E-state index is 10.6. The summed E-state index contributed by atoms with van der Waals surface area (Å²) in [6.45, 7) is 1.11. The van der Waals surface area contributed by atoms with Crippen LogP contribution >= 0.6 is 12.4 Å². The molecule has 2 N–H and O–H groups in total. The summed E-state index contributed by atoms with van der Waals surface area (Å²) in [5, 5.41) is 13.8. The average Bonchev–Trinajstić information content (AvgIpc) is 2.25. The second-order valence-electron chi connectivity index (χ2n) is 6.62. The van der Waals surface area contributed by atoms with E-state index in [9.17, 15) is 5.11 Å². The Morgan fingerprint density at radius 3 is 2.41 bits per heavy atom. The molecule has 4 bridgehead atoms. The van der Waals surface area contributed by atoms with Crippen molar-refractivity contribution in [1.82, 2.24) is 5.32 Å². The molecule has 4 saturated carbocycles. The Bertz CT molecular complexity index is 257. The van der Waals surface area contributed by atoms with Gasteiger partial charge in [0.05, 0.1) is 6.10 Å². The second-order valence-corrected chi connectivity index (χ2v) is 6.62. The first-order valence-corrected chi connectivity index (χ1v) is 7.06. The number of halogens is 1. The highest BCUT2D eigenvalue weighted by Crippen LogP contribution is 2.61. The molecule has 4 aliphatic carbocycles. The zero-order valence-corrected chi connectivity index (χ0v) is 11.6. The van der Waals surface area contributed by atoms with Gasteiger partial charge in [0.25, 0.3) is 0 Å². The monoisotopic (exact) mass is 259 g/mol. The summed E-state index contributed by atoms with van der Waals surface area (Å²) in [6.07, 6.45) is 9.28. The van der Waals surface area contributed by atoms with Gasteiger partial charge >= 0.3 is 0 Å². The van der Waals surface area contributed by atoms with Crippen LogP contribution < -0.4 is 5.32 Å². The summed E-state index contributed by atoms with van der Waals surface area (Å²) in [5.74, 6) is 2.56. The van der Waals surface area contributed by atoms with Gasteiger partial charge < -0.3 is 10.4 Å². The molecule has 0 radical (unpaired) electrons. The number of aliphatic hydroxyl groups is 1. The summed E-state index contributed by atoms with van der Waals surface area (Å²) < 4.78 is 0. The zero-order valence-electron chi connectivity index (χ0n) is 10.8. The van der Waals surface area contributed by atoms with Crippen LogP contribution in [-0.4, -0.2) is 24.8 Å². The van der Waals surface area contributed by atoms with Crippen LogP contribution in [-0.2, 0) is 0 Å². The van der Waals surface area contributed by atoms with E-state index in [4.69, 9.17) is 0 Å². The molecule has 0 aliphatic heterocycles. The van der Waals surface area contributed by atoms with Gasteiger partial charge in [0, 0.05) is 0 Å². The summed E-state index contributed by atoms with van der Waals surface area (Å²) in [5.41, 5.74) is 0.325. The predicted molar refractivity (Wildman–Crippen MR) is 72.4 cm³/mol. The Balaban J connectivity index is 0.00000108. The minimum absolute atomic E-state index is 0. The molecule has 100 valence electrons. The first kappa shape index (κ1) is 13.6. The van der Waals surface area contributed by atoms with Crippen molar-refractivity contribution in [3.8, 4) is 0 Å². The van der Waals surface area contributed by atoms with E-state index in [1.54, 1.807) is 0 Å². The topological polar surface area (TPSA) is 32.3 Å². The summed E-state index contributed by atoms with van der Waals surface area (Å²) in [6, 6.07) is 0. The quantitative estimate of drug-likeness (QED) is 0.761. The average molecular weight is 260 g/mol. The third-order valence-electron chi connectivity index (χ3n) is 5.50. The Hall–Kier alpha value is 0.210. The second kappa shape index (κ2) is 5.07. The molecule has 0 aromatic carbocycles. The molecule has 0 spiro atoms. The first-order chi connectivity index (χ1) is 7.73. The van der Waals surface area contributed by atoms with E-state index in [0.29, 0.717) is 11.3 Å². The maximum Gasteiger partial charge on any atom is 0.0624 e. The molecule has 3 atom stereocenters. The van der Waals surface area contributed by atoms with Crippen molar-refractivity contribution in [1.29, 1.82) is 0 Å².